The summed E-state index contributed by atoms with van der Waals surface area (Å²) in [6, 6.07) is -0.503. The lowest BCUT2D eigenvalue weighted by atomic mass is 10.2. The number of nitrogens with zero attached hydrogens (tertiary/aromatic N) is 1. The number of carboxylic acids is 1. The predicted molar refractivity (Wildman–Crippen MR) is 60.6 cm³/mol. The van der Waals surface area contributed by atoms with Crippen LogP contribution in [0.15, 0.2) is 0 Å². The number of hydrogen-bond donors (Lipinski definition) is 4. The summed E-state index contributed by atoms with van der Waals surface area (Å²) < 4.78 is 0. The van der Waals surface area contributed by atoms with Gasteiger partial charge in [-0.15, -0.1) is 0 Å². The second kappa shape index (κ2) is 5.11. The van der Waals surface area contributed by atoms with Crippen LogP contribution in [0.3, 0.4) is 0 Å². The summed E-state index contributed by atoms with van der Waals surface area (Å²) >= 11 is 0. The summed E-state index contributed by atoms with van der Waals surface area (Å²) in [6.07, 6.45) is 1.50. The molecule has 4 amide bonds. The molecule has 2 heterocycles. The van der Waals surface area contributed by atoms with Crippen LogP contribution in [-0.4, -0.2) is 46.9 Å². The van der Waals surface area contributed by atoms with E-state index in [1.807, 2.05) is 0 Å². The lowest BCUT2D eigenvalue weighted by Gasteiger charge is -2.20. The van der Waals surface area contributed by atoms with Crippen molar-refractivity contribution in [3.8, 4) is 0 Å². The van der Waals surface area contributed by atoms with Crippen molar-refractivity contribution in [3.63, 3.8) is 0 Å². The molecule has 0 aromatic carbocycles. The molecule has 0 saturated carbocycles. The lowest BCUT2D eigenvalue weighted by Crippen LogP contribution is -2.43. The molecule has 0 bridgehead atoms. The van der Waals surface area contributed by atoms with Gasteiger partial charge in [0, 0.05) is 13.0 Å². The molecule has 0 aromatic rings. The van der Waals surface area contributed by atoms with E-state index >= 15 is 0 Å². The number of urea groups is 2. The van der Waals surface area contributed by atoms with Crippen LogP contribution in [0.5, 0.6) is 0 Å². The molecule has 0 spiro atoms. The van der Waals surface area contributed by atoms with Crippen LogP contribution in [-0.2, 0) is 4.79 Å². The van der Waals surface area contributed by atoms with Gasteiger partial charge in [-0.3, -0.25) is 4.79 Å². The van der Waals surface area contributed by atoms with Crippen molar-refractivity contribution in [1.29, 1.82) is 0 Å². The number of carboxylic acid groups (broad SMARTS) is 1. The summed E-state index contributed by atoms with van der Waals surface area (Å²) in [4.78, 5) is 34.6. The SMILES string of the molecule is O=C(O)CCCCCN1C(=O)N[C@H]2NC(=O)N[C@@H]21. The maximum Gasteiger partial charge on any atom is 0.320 e. The fourth-order valence-corrected chi connectivity index (χ4v) is 2.17. The van der Waals surface area contributed by atoms with Gasteiger partial charge in [-0.25, -0.2) is 9.59 Å². The van der Waals surface area contributed by atoms with Crippen molar-refractivity contribution in [2.24, 2.45) is 0 Å². The third-order valence-corrected chi connectivity index (χ3v) is 3.05. The largest absolute Gasteiger partial charge is 0.481 e. The molecule has 0 radical (unpaired) electrons. The van der Waals surface area contributed by atoms with E-state index in [4.69, 9.17) is 5.11 Å². The molecule has 0 aromatic heterocycles. The molecule has 2 fully saturated rings. The van der Waals surface area contributed by atoms with E-state index in [0.717, 1.165) is 12.8 Å². The highest BCUT2D eigenvalue weighted by Crippen LogP contribution is 2.15. The van der Waals surface area contributed by atoms with Crippen molar-refractivity contribution in [1.82, 2.24) is 20.9 Å². The van der Waals surface area contributed by atoms with Crippen LogP contribution in [0.4, 0.5) is 9.59 Å². The molecular weight excluding hydrogens is 240 g/mol. The number of carbonyl (C=O) groups excluding carboxylic acids is 2. The standard InChI is InChI=1S/C10H16N4O4/c15-6(16)4-2-1-3-5-14-8-7(12-10(14)18)11-9(17)13-8/h7-8H,1-5H2,(H,12,18)(H,15,16)(H2,11,13,17)/t7-,8-/m1/s1. The van der Waals surface area contributed by atoms with E-state index in [2.05, 4.69) is 16.0 Å². The van der Waals surface area contributed by atoms with Crippen LogP contribution >= 0.6 is 0 Å². The zero-order valence-electron chi connectivity index (χ0n) is 9.81. The first-order valence-corrected chi connectivity index (χ1v) is 5.94. The van der Waals surface area contributed by atoms with E-state index in [0.29, 0.717) is 13.0 Å². The molecule has 2 saturated heterocycles. The van der Waals surface area contributed by atoms with Gasteiger partial charge >= 0.3 is 18.0 Å². The molecule has 18 heavy (non-hydrogen) atoms. The molecule has 8 heteroatoms. The van der Waals surface area contributed by atoms with Gasteiger partial charge in [0.1, 0.15) is 12.3 Å². The van der Waals surface area contributed by atoms with E-state index in [-0.39, 0.29) is 30.8 Å². The van der Waals surface area contributed by atoms with E-state index in [1.165, 1.54) is 0 Å². The van der Waals surface area contributed by atoms with Crippen LogP contribution in [0.2, 0.25) is 0 Å². The molecule has 2 aliphatic rings. The van der Waals surface area contributed by atoms with E-state index in [1.54, 1.807) is 4.90 Å². The van der Waals surface area contributed by atoms with Crippen LogP contribution in [0, 0.1) is 0 Å². The average Bonchev–Trinajstić information content (AvgIpc) is 2.75. The highest BCUT2D eigenvalue weighted by molar-refractivity contribution is 5.84. The molecule has 0 unspecified atom stereocenters. The molecule has 100 valence electrons. The molecule has 2 aliphatic heterocycles. The Morgan fingerprint density at radius 1 is 1.17 bits per heavy atom. The number of nitrogens with one attached hydrogen (secondary N) is 3. The van der Waals surface area contributed by atoms with Gasteiger partial charge in [-0.1, -0.05) is 6.42 Å². The maximum absolute atomic E-state index is 11.6. The monoisotopic (exact) mass is 256 g/mol. The molecular formula is C10H16N4O4. The number of aliphatic carboxylic acids is 1. The van der Waals surface area contributed by atoms with Crippen molar-refractivity contribution in [3.05, 3.63) is 0 Å². The first kappa shape index (κ1) is 12.5. The quantitative estimate of drug-likeness (QED) is 0.485. The zero-order valence-corrected chi connectivity index (χ0v) is 9.81. The third kappa shape index (κ3) is 2.63. The number of amides is 4. The van der Waals surface area contributed by atoms with Crippen LogP contribution in [0.25, 0.3) is 0 Å². The van der Waals surface area contributed by atoms with Crippen LogP contribution in [0.1, 0.15) is 25.7 Å². The Bertz CT molecular complexity index is 373. The second-order valence-corrected chi connectivity index (χ2v) is 4.39. The Labute approximate surface area is 104 Å². The van der Waals surface area contributed by atoms with Crippen molar-refractivity contribution >= 4 is 18.0 Å². The predicted octanol–water partition coefficient (Wildman–Crippen LogP) is -0.378. The van der Waals surface area contributed by atoms with Gasteiger partial charge in [-0.05, 0) is 12.8 Å². The summed E-state index contributed by atoms with van der Waals surface area (Å²) in [7, 11) is 0. The fraction of sp³-hybridized carbons (Fsp3) is 0.700. The van der Waals surface area contributed by atoms with Gasteiger partial charge in [0.05, 0.1) is 0 Å². The van der Waals surface area contributed by atoms with Crippen molar-refractivity contribution < 1.29 is 19.5 Å². The Balaban J connectivity index is 1.73. The smallest absolute Gasteiger partial charge is 0.320 e. The number of hydrogen-bond acceptors (Lipinski definition) is 3. The molecule has 8 nitrogen and oxygen atoms in total. The van der Waals surface area contributed by atoms with Crippen molar-refractivity contribution in [2.75, 3.05) is 6.54 Å². The number of fused-ring (bicyclic) bond motifs is 1. The maximum atomic E-state index is 11.6. The minimum atomic E-state index is -0.804. The Morgan fingerprint density at radius 3 is 2.67 bits per heavy atom. The van der Waals surface area contributed by atoms with Gasteiger partial charge in [0.2, 0.25) is 0 Å². The topological polar surface area (TPSA) is 111 Å². The van der Waals surface area contributed by atoms with Crippen molar-refractivity contribution in [2.45, 2.75) is 38.0 Å². The molecule has 2 atom stereocenters. The Morgan fingerprint density at radius 2 is 1.94 bits per heavy atom. The average molecular weight is 256 g/mol. The summed E-state index contributed by atoms with van der Waals surface area (Å²) in [5, 5.41) is 16.4. The highest BCUT2D eigenvalue weighted by Gasteiger charge is 2.44. The van der Waals surface area contributed by atoms with Gasteiger partial charge in [0.15, 0.2) is 0 Å². The van der Waals surface area contributed by atoms with Gasteiger partial charge in [-0.2, -0.15) is 0 Å². The molecule has 2 rings (SSSR count). The minimum absolute atomic E-state index is 0.149. The number of rotatable bonds is 6. The summed E-state index contributed by atoms with van der Waals surface area (Å²) in [6.45, 7) is 0.509. The number of unbranched alkanes of at least 4 members (excludes halogenated alkanes) is 2. The lowest BCUT2D eigenvalue weighted by molar-refractivity contribution is -0.137. The van der Waals surface area contributed by atoms with Gasteiger partial charge in [0.25, 0.3) is 0 Å². The summed E-state index contributed by atoms with van der Waals surface area (Å²) in [5.41, 5.74) is 0. The summed E-state index contributed by atoms with van der Waals surface area (Å²) in [5.74, 6) is -0.804. The van der Waals surface area contributed by atoms with Gasteiger partial charge < -0.3 is 26.0 Å². The minimum Gasteiger partial charge on any atom is -0.481 e. The Kier molecular flexibility index (Phi) is 3.54. The molecule has 0 aliphatic carbocycles. The van der Waals surface area contributed by atoms with Crippen LogP contribution < -0.4 is 16.0 Å². The second-order valence-electron chi connectivity index (χ2n) is 4.39. The normalized spacial score (nSPS) is 25.4. The van der Waals surface area contributed by atoms with E-state index < -0.39 is 5.97 Å². The Hall–Kier alpha value is -1.99. The zero-order chi connectivity index (χ0) is 13.1. The molecule has 4 N–H and O–H groups in total. The van der Waals surface area contributed by atoms with E-state index in [9.17, 15) is 14.4 Å². The first-order chi connectivity index (χ1) is 8.58. The third-order valence-electron chi connectivity index (χ3n) is 3.05. The number of carbonyl (C=O) groups is 3. The fourth-order valence-electron chi connectivity index (χ4n) is 2.17. The first-order valence-electron chi connectivity index (χ1n) is 5.94. The highest BCUT2D eigenvalue weighted by atomic mass is 16.4.